The van der Waals surface area contributed by atoms with Gasteiger partial charge in [0.25, 0.3) is 5.91 Å². The monoisotopic (exact) mass is 470 g/mol. The van der Waals surface area contributed by atoms with Gasteiger partial charge >= 0.3 is 0 Å². The molecule has 3 aromatic rings. The lowest BCUT2D eigenvalue weighted by molar-refractivity contribution is 0.0713. The third-order valence-corrected chi connectivity index (χ3v) is 7.20. The second-order valence-electron chi connectivity index (χ2n) is 8.19. The zero-order valence-electron chi connectivity index (χ0n) is 18.3. The Kier molecular flexibility index (Phi) is 7.01. The number of rotatable bonds is 6. The molecule has 0 N–H and O–H groups in total. The summed E-state index contributed by atoms with van der Waals surface area (Å²) in [5.74, 6) is 1.45. The molecule has 1 atom stereocenters. The van der Waals surface area contributed by atoms with E-state index in [0.29, 0.717) is 35.4 Å². The Morgan fingerprint density at radius 1 is 0.969 bits per heavy atom. The molecular weight excluding hydrogens is 444 g/mol. The van der Waals surface area contributed by atoms with Gasteiger partial charge in [-0.05, 0) is 60.9 Å². The summed E-state index contributed by atoms with van der Waals surface area (Å²) in [6.45, 7) is 7.08. The Morgan fingerprint density at radius 3 is 2.41 bits per heavy atom. The van der Waals surface area contributed by atoms with Crippen LogP contribution in [0.1, 0.15) is 33.0 Å². The van der Waals surface area contributed by atoms with Gasteiger partial charge in [0, 0.05) is 53.4 Å². The lowest BCUT2D eigenvalue weighted by Crippen LogP contribution is -2.49. The van der Waals surface area contributed by atoms with Gasteiger partial charge in [-0.1, -0.05) is 35.9 Å². The highest BCUT2D eigenvalue weighted by molar-refractivity contribution is 7.83. The number of halogens is 1. The number of nitrogens with zero attached hydrogens (tertiary/aromatic N) is 2. The van der Waals surface area contributed by atoms with Crippen molar-refractivity contribution in [3.8, 4) is 0 Å². The van der Waals surface area contributed by atoms with Crippen LogP contribution in [0.25, 0.3) is 0 Å². The predicted molar refractivity (Wildman–Crippen MR) is 130 cm³/mol. The van der Waals surface area contributed by atoms with Gasteiger partial charge in [-0.2, -0.15) is 0 Å². The molecule has 2 heterocycles. The molecule has 1 aliphatic rings. The van der Waals surface area contributed by atoms with Gasteiger partial charge in [0.15, 0.2) is 5.76 Å². The van der Waals surface area contributed by atoms with Crippen LogP contribution in [0.5, 0.6) is 0 Å². The van der Waals surface area contributed by atoms with Crippen molar-refractivity contribution >= 4 is 34.0 Å². The third kappa shape index (κ3) is 5.43. The van der Waals surface area contributed by atoms with Gasteiger partial charge in [0.05, 0.1) is 5.75 Å². The lowest BCUT2D eigenvalue weighted by Gasteiger charge is -2.36. The molecule has 7 heteroatoms. The average molecular weight is 471 g/mol. The molecule has 0 bridgehead atoms. The molecule has 1 aromatic heterocycles. The van der Waals surface area contributed by atoms with E-state index in [1.807, 2.05) is 17.0 Å². The molecule has 1 fully saturated rings. The highest BCUT2D eigenvalue weighted by Gasteiger charge is 2.25. The van der Waals surface area contributed by atoms with Crippen molar-refractivity contribution in [2.24, 2.45) is 0 Å². The van der Waals surface area contributed by atoms with Crippen molar-refractivity contribution in [2.75, 3.05) is 31.1 Å². The van der Waals surface area contributed by atoms with Crippen LogP contribution in [0.3, 0.4) is 0 Å². The van der Waals surface area contributed by atoms with E-state index in [4.69, 9.17) is 16.0 Å². The van der Waals surface area contributed by atoms with Gasteiger partial charge in [0.1, 0.15) is 5.76 Å². The van der Waals surface area contributed by atoms with Crippen LogP contribution in [-0.4, -0.2) is 41.2 Å². The third-order valence-electron chi connectivity index (χ3n) is 5.69. The van der Waals surface area contributed by atoms with E-state index in [-0.39, 0.29) is 11.7 Å². The number of carbonyl (C=O) groups excluding carboxylic acids is 1. The first-order valence-corrected chi connectivity index (χ1v) is 12.6. The molecular formula is C25H27ClN2O3S. The summed E-state index contributed by atoms with van der Waals surface area (Å²) in [7, 11) is -1.13. The predicted octanol–water partition coefficient (Wildman–Crippen LogP) is 4.96. The van der Waals surface area contributed by atoms with E-state index in [2.05, 4.69) is 36.9 Å². The molecule has 4 rings (SSSR count). The Bertz CT molecular complexity index is 1120. The van der Waals surface area contributed by atoms with Gasteiger partial charge in [0.2, 0.25) is 0 Å². The number of amides is 1. The van der Waals surface area contributed by atoms with E-state index in [0.717, 1.165) is 18.7 Å². The van der Waals surface area contributed by atoms with Crippen molar-refractivity contribution in [3.05, 3.63) is 87.8 Å². The number of aryl methyl sites for hydroxylation is 2. The van der Waals surface area contributed by atoms with E-state index in [1.165, 1.54) is 16.8 Å². The summed E-state index contributed by atoms with van der Waals surface area (Å²) in [5.41, 5.74) is 4.68. The van der Waals surface area contributed by atoms with Crippen LogP contribution < -0.4 is 4.90 Å². The molecule has 0 radical (unpaired) electrons. The standard InChI is InChI=1S/C25H27ClN2O3S/c1-18-3-4-19(2)23(15-18)27-11-13-28(14-12-27)25(29)24-10-9-22(31-24)17-32(30)16-20-5-7-21(26)8-6-20/h3-10,15H,11-14,16-17H2,1-2H3/t32-/m1/s1. The molecule has 1 saturated heterocycles. The van der Waals surface area contributed by atoms with Crippen LogP contribution in [0, 0.1) is 13.8 Å². The van der Waals surface area contributed by atoms with Crippen LogP contribution in [0.2, 0.25) is 5.02 Å². The van der Waals surface area contributed by atoms with Gasteiger partial charge in [-0.25, -0.2) is 0 Å². The van der Waals surface area contributed by atoms with Gasteiger partial charge < -0.3 is 14.2 Å². The van der Waals surface area contributed by atoms with Crippen molar-refractivity contribution in [1.82, 2.24) is 4.90 Å². The number of hydrogen-bond donors (Lipinski definition) is 0. The topological polar surface area (TPSA) is 53.8 Å². The maximum atomic E-state index is 12.9. The Balaban J connectivity index is 1.32. The van der Waals surface area contributed by atoms with Crippen LogP contribution >= 0.6 is 11.6 Å². The largest absolute Gasteiger partial charge is 0.455 e. The summed E-state index contributed by atoms with van der Waals surface area (Å²) in [4.78, 5) is 17.1. The molecule has 1 amide bonds. The number of benzene rings is 2. The first kappa shape index (κ1) is 22.6. The summed E-state index contributed by atoms with van der Waals surface area (Å²) in [6, 6.07) is 17.2. The fourth-order valence-electron chi connectivity index (χ4n) is 3.91. The minimum Gasteiger partial charge on any atom is -0.455 e. The van der Waals surface area contributed by atoms with Crippen LogP contribution in [0.15, 0.2) is 59.0 Å². The van der Waals surface area contributed by atoms with Crippen molar-refractivity contribution in [1.29, 1.82) is 0 Å². The van der Waals surface area contributed by atoms with Gasteiger partial charge in [-0.15, -0.1) is 0 Å². The highest BCUT2D eigenvalue weighted by Crippen LogP contribution is 2.24. The van der Waals surface area contributed by atoms with Gasteiger partial charge in [-0.3, -0.25) is 9.00 Å². The van der Waals surface area contributed by atoms with Crippen LogP contribution in [0.4, 0.5) is 5.69 Å². The van der Waals surface area contributed by atoms with Crippen LogP contribution in [-0.2, 0) is 22.3 Å². The Morgan fingerprint density at radius 2 is 1.69 bits per heavy atom. The Labute approximate surface area is 196 Å². The van der Waals surface area contributed by atoms with Crippen molar-refractivity contribution < 1.29 is 13.4 Å². The smallest absolute Gasteiger partial charge is 0.289 e. The molecule has 0 aliphatic carbocycles. The summed E-state index contributed by atoms with van der Waals surface area (Å²) in [6.07, 6.45) is 0. The molecule has 1 aliphatic heterocycles. The second kappa shape index (κ2) is 9.92. The zero-order chi connectivity index (χ0) is 22.7. The number of anilines is 1. The minimum absolute atomic E-state index is 0.111. The summed E-state index contributed by atoms with van der Waals surface area (Å²) >= 11 is 5.90. The first-order chi connectivity index (χ1) is 15.4. The maximum absolute atomic E-state index is 12.9. The molecule has 0 saturated carbocycles. The summed E-state index contributed by atoms with van der Waals surface area (Å²) < 4.78 is 18.2. The highest BCUT2D eigenvalue weighted by atomic mass is 35.5. The SMILES string of the molecule is Cc1ccc(C)c(N2CCN(C(=O)c3ccc(C[S@](=O)Cc4ccc(Cl)cc4)o3)CC2)c1. The molecule has 5 nitrogen and oxygen atoms in total. The molecule has 32 heavy (non-hydrogen) atoms. The summed E-state index contributed by atoms with van der Waals surface area (Å²) in [5, 5.41) is 0.656. The molecule has 168 valence electrons. The fraction of sp³-hybridized carbons (Fsp3) is 0.320. The zero-order valence-corrected chi connectivity index (χ0v) is 19.9. The molecule has 2 aromatic carbocycles. The number of furan rings is 1. The Hall–Kier alpha value is -2.57. The van der Waals surface area contributed by atoms with E-state index < -0.39 is 10.8 Å². The number of carbonyl (C=O) groups is 1. The average Bonchev–Trinajstić information content (AvgIpc) is 3.25. The quantitative estimate of drug-likeness (QED) is 0.511. The first-order valence-electron chi connectivity index (χ1n) is 10.7. The van der Waals surface area contributed by atoms with E-state index in [1.54, 1.807) is 24.3 Å². The molecule has 0 unspecified atom stereocenters. The maximum Gasteiger partial charge on any atom is 0.289 e. The number of hydrogen-bond acceptors (Lipinski definition) is 4. The van der Waals surface area contributed by atoms with Crippen molar-refractivity contribution in [2.45, 2.75) is 25.4 Å². The lowest BCUT2D eigenvalue weighted by atomic mass is 10.1. The fourth-order valence-corrected chi connectivity index (χ4v) is 5.18. The normalized spacial score (nSPS) is 15.1. The van der Waals surface area contributed by atoms with E-state index in [9.17, 15) is 9.00 Å². The minimum atomic E-state index is -1.13. The molecule has 0 spiro atoms. The van der Waals surface area contributed by atoms with Crippen molar-refractivity contribution in [3.63, 3.8) is 0 Å². The van der Waals surface area contributed by atoms with E-state index >= 15 is 0 Å². The number of piperazine rings is 1. The second-order valence-corrected chi connectivity index (χ2v) is 10.1.